The van der Waals surface area contributed by atoms with E-state index < -0.39 is 6.10 Å². The molecule has 0 heterocycles. The fourth-order valence-electron chi connectivity index (χ4n) is 2.04. The number of hydrogen-bond donors (Lipinski definition) is 1. The number of nitrogens with zero attached hydrogens (tertiary/aromatic N) is 1. The molecule has 17 heavy (non-hydrogen) atoms. The molecule has 1 aromatic carbocycles. The molecule has 0 aliphatic carbocycles. The summed E-state index contributed by atoms with van der Waals surface area (Å²) in [7, 11) is 3.90. The van der Waals surface area contributed by atoms with Gasteiger partial charge in [0.25, 0.3) is 0 Å². The number of benzene rings is 1. The lowest BCUT2D eigenvalue weighted by Crippen LogP contribution is -2.46. The normalized spacial score (nSPS) is 16.9. The molecule has 96 valence electrons. The molecule has 2 atom stereocenters. The van der Waals surface area contributed by atoms with Crippen molar-refractivity contribution in [2.45, 2.75) is 38.8 Å². The molecule has 1 rings (SSSR count). The second-order valence-electron chi connectivity index (χ2n) is 5.01. The lowest BCUT2D eigenvalue weighted by molar-refractivity contribution is 0.000470. The summed E-state index contributed by atoms with van der Waals surface area (Å²) >= 11 is 0. The highest BCUT2D eigenvalue weighted by atomic mass is 19.1. The molecule has 0 radical (unpaired) electrons. The van der Waals surface area contributed by atoms with Crippen LogP contribution in [0.5, 0.6) is 0 Å². The quantitative estimate of drug-likeness (QED) is 0.873. The van der Waals surface area contributed by atoms with Crippen LogP contribution in [-0.2, 0) is 0 Å². The maximum absolute atomic E-state index is 13.1. The number of aliphatic hydroxyl groups is 1. The third-order valence-corrected chi connectivity index (χ3v) is 3.85. The maximum Gasteiger partial charge on any atom is 0.123 e. The van der Waals surface area contributed by atoms with E-state index in [-0.39, 0.29) is 11.4 Å². The van der Waals surface area contributed by atoms with Gasteiger partial charge in [0.1, 0.15) is 5.82 Å². The van der Waals surface area contributed by atoms with Crippen LogP contribution >= 0.6 is 0 Å². The lowest BCUT2D eigenvalue weighted by Gasteiger charge is -2.40. The van der Waals surface area contributed by atoms with Crippen LogP contribution < -0.4 is 0 Å². The van der Waals surface area contributed by atoms with Gasteiger partial charge in [0, 0.05) is 5.54 Å². The van der Waals surface area contributed by atoms with E-state index in [0.29, 0.717) is 0 Å². The summed E-state index contributed by atoms with van der Waals surface area (Å²) in [5.74, 6) is -0.262. The van der Waals surface area contributed by atoms with Crippen molar-refractivity contribution in [1.82, 2.24) is 4.90 Å². The number of hydrogen-bond acceptors (Lipinski definition) is 2. The Morgan fingerprint density at radius 1 is 1.41 bits per heavy atom. The van der Waals surface area contributed by atoms with Gasteiger partial charge in [-0.05, 0) is 57.6 Å². The van der Waals surface area contributed by atoms with E-state index >= 15 is 0 Å². The molecule has 0 bridgehead atoms. The molecule has 2 unspecified atom stereocenters. The van der Waals surface area contributed by atoms with Crippen molar-refractivity contribution in [2.24, 2.45) is 0 Å². The highest BCUT2D eigenvalue weighted by Gasteiger charge is 2.35. The van der Waals surface area contributed by atoms with Crippen LogP contribution in [0, 0.1) is 12.7 Å². The van der Waals surface area contributed by atoms with Gasteiger partial charge < -0.3 is 10.0 Å². The van der Waals surface area contributed by atoms with Gasteiger partial charge in [-0.2, -0.15) is 0 Å². The van der Waals surface area contributed by atoms with Gasteiger partial charge in [-0.25, -0.2) is 4.39 Å². The molecule has 0 spiro atoms. The van der Waals surface area contributed by atoms with Gasteiger partial charge in [0.05, 0.1) is 6.10 Å². The SMILES string of the molecule is CCC(C)(C(O)c1ccc(F)cc1C)N(C)C. The molecular formula is C14H22FNO. The highest BCUT2D eigenvalue weighted by Crippen LogP contribution is 2.34. The first-order chi connectivity index (χ1) is 7.82. The zero-order valence-electron chi connectivity index (χ0n) is 11.3. The lowest BCUT2D eigenvalue weighted by atomic mass is 9.84. The van der Waals surface area contributed by atoms with Gasteiger partial charge >= 0.3 is 0 Å². The average Bonchev–Trinajstić information content (AvgIpc) is 2.26. The summed E-state index contributed by atoms with van der Waals surface area (Å²) in [5.41, 5.74) is 1.24. The van der Waals surface area contributed by atoms with Crippen LogP contribution in [0.25, 0.3) is 0 Å². The molecule has 0 amide bonds. The van der Waals surface area contributed by atoms with Crippen LogP contribution in [0.1, 0.15) is 37.5 Å². The first kappa shape index (κ1) is 14.1. The Morgan fingerprint density at radius 2 is 2.00 bits per heavy atom. The van der Waals surface area contributed by atoms with Crippen LogP contribution in [0.2, 0.25) is 0 Å². The minimum atomic E-state index is -0.622. The van der Waals surface area contributed by atoms with E-state index in [2.05, 4.69) is 0 Å². The number of rotatable bonds is 4. The molecule has 0 saturated heterocycles. The Hall–Kier alpha value is -0.930. The van der Waals surface area contributed by atoms with Crippen molar-refractivity contribution in [3.05, 3.63) is 35.1 Å². The molecule has 0 aromatic heterocycles. The van der Waals surface area contributed by atoms with Gasteiger partial charge in [0.15, 0.2) is 0 Å². The second-order valence-corrected chi connectivity index (χ2v) is 5.01. The third kappa shape index (κ3) is 2.67. The standard InChI is InChI=1S/C14H22FNO/c1-6-14(3,16(4)5)13(17)12-8-7-11(15)9-10(12)2/h7-9,13,17H,6H2,1-5H3. The first-order valence-corrected chi connectivity index (χ1v) is 5.94. The number of aryl methyl sites for hydroxylation is 1. The predicted molar refractivity (Wildman–Crippen MR) is 68.5 cm³/mol. The molecule has 1 aromatic rings. The molecule has 0 aliphatic heterocycles. The van der Waals surface area contributed by atoms with Gasteiger partial charge in [-0.3, -0.25) is 0 Å². The molecule has 0 aliphatic rings. The zero-order valence-corrected chi connectivity index (χ0v) is 11.3. The van der Waals surface area contributed by atoms with E-state index in [4.69, 9.17) is 0 Å². The number of likely N-dealkylation sites (N-methyl/N-ethyl adjacent to an activating group) is 1. The van der Waals surface area contributed by atoms with Crippen molar-refractivity contribution in [2.75, 3.05) is 14.1 Å². The van der Waals surface area contributed by atoms with Gasteiger partial charge in [0.2, 0.25) is 0 Å². The molecule has 0 fully saturated rings. The minimum Gasteiger partial charge on any atom is -0.386 e. The molecule has 2 nitrogen and oxygen atoms in total. The van der Waals surface area contributed by atoms with Crippen molar-refractivity contribution in [3.8, 4) is 0 Å². The summed E-state index contributed by atoms with van der Waals surface area (Å²) in [5, 5.41) is 10.5. The maximum atomic E-state index is 13.1. The van der Waals surface area contributed by atoms with E-state index in [1.807, 2.05) is 39.8 Å². The summed E-state index contributed by atoms with van der Waals surface area (Å²) in [4.78, 5) is 2.01. The largest absolute Gasteiger partial charge is 0.386 e. The predicted octanol–water partition coefficient (Wildman–Crippen LogP) is 2.90. The smallest absolute Gasteiger partial charge is 0.123 e. The summed E-state index contributed by atoms with van der Waals surface area (Å²) in [6, 6.07) is 4.54. The summed E-state index contributed by atoms with van der Waals surface area (Å²) < 4.78 is 13.1. The third-order valence-electron chi connectivity index (χ3n) is 3.85. The minimum absolute atomic E-state index is 0.262. The first-order valence-electron chi connectivity index (χ1n) is 5.94. The van der Waals surface area contributed by atoms with Crippen LogP contribution in [0.4, 0.5) is 4.39 Å². The fraction of sp³-hybridized carbons (Fsp3) is 0.571. The highest BCUT2D eigenvalue weighted by molar-refractivity contribution is 5.30. The van der Waals surface area contributed by atoms with Crippen molar-refractivity contribution < 1.29 is 9.50 Å². The molecule has 0 saturated carbocycles. The second kappa shape index (κ2) is 5.15. The van der Waals surface area contributed by atoms with E-state index in [1.54, 1.807) is 6.07 Å². The summed E-state index contributed by atoms with van der Waals surface area (Å²) in [6.07, 6.45) is 0.195. The number of aliphatic hydroxyl groups excluding tert-OH is 1. The van der Waals surface area contributed by atoms with E-state index in [0.717, 1.165) is 17.5 Å². The van der Waals surface area contributed by atoms with Crippen molar-refractivity contribution in [1.29, 1.82) is 0 Å². The fourth-order valence-corrected chi connectivity index (χ4v) is 2.04. The van der Waals surface area contributed by atoms with Crippen LogP contribution in [0.3, 0.4) is 0 Å². The van der Waals surface area contributed by atoms with Crippen LogP contribution in [0.15, 0.2) is 18.2 Å². The number of halogens is 1. The van der Waals surface area contributed by atoms with E-state index in [1.165, 1.54) is 12.1 Å². The van der Waals surface area contributed by atoms with Crippen molar-refractivity contribution in [3.63, 3.8) is 0 Å². The Labute approximate surface area is 103 Å². The van der Waals surface area contributed by atoms with E-state index in [9.17, 15) is 9.50 Å². The topological polar surface area (TPSA) is 23.5 Å². The Bertz CT molecular complexity index is 392. The Morgan fingerprint density at radius 3 is 2.41 bits per heavy atom. The van der Waals surface area contributed by atoms with Crippen molar-refractivity contribution >= 4 is 0 Å². The molecule has 1 N–H and O–H groups in total. The van der Waals surface area contributed by atoms with Gasteiger partial charge in [-0.15, -0.1) is 0 Å². The van der Waals surface area contributed by atoms with Gasteiger partial charge in [-0.1, -0.05) is 13.0 Å². The molecular weight excluding hydrogens is 217 g/mol. The average molecular weight is 239 g/mol. The molecule has 3 heteroatoms. The van der Waals surface area contributed by atoms with Crippen LogP contribution in [-0.4, -0.2) is 29.6 Å². The Kier molecular flexibility index (Phi) is 4.28. The summed E-state index contributed by atoms with van der Waals surface area (Å²) in [6.45, 7) is 5.88. The zero-order chi connectivity index (χ0) is 13.2. The Balaban J connectivity index is 3.14. The monoisotopic (exact) mass is 239 g/mol.